The number of hydrogen-bond donors (Lipinski definition) is 1. The Morgan fingerprint density at radius 3 is 2.85 bits per heavy atom. The molecule has 2 rings (SSSR count). The van der Waals surface area contributed by atoms with E-state index in [1.54, 1.807) is 11.0 Å². The number of nitrogens with zero attached hydrogens (tertiary/aromatic N) is 1. The van der Waals surface area contributed by atoms with E-state index in [4.69, 9.17) is 11.6 Å². The number of amides is 1. The Morgan fingerprint density at radius 1 is 1.55 bits per heavy atom. The Morgan fingerprint density at radius 2 is 2.30 bits per heavy atom. The van der Waals surface area contributed by atoms with Crippen molar-refractivity contribution in [2.75, 3.05) is 13.1 Å². The standard InChI is InChI=1S/C15H20ClFN2O/c1-10(2)19(9-12-4-3-7-18-12)15(20)13-6-5-11(16)8-14(13)17/h5-6,8,10,12,18H,3-4,7,9H2,1-2H3. The highest BCUT2D eigenvalue weighted by Gasteiger charge is 2.26. The molecule has 5 heteroatoms. The first-order valence-electron chi connectivity index (χ1n) is 6.98. The lowest BCUT2D eigenvalue weighted by Crippen LogP contribution is -2.45. The van der Waals surface area contributed by atoms with E-state index in [1.807, 2.05) is 13.8 Å². The Balaban J connectivity index is 2.17. The fourth-order valence-corrected chi connectivity index (χ4v) is 2.65. The van der Waals surface area contributed by atoms with Gasteiger partial charge in [0.1, 0.15) is 5.82 Å². The molecule has 1 saturated heterocycles. The van der Waals surface area contributed by atoms with Crippen molar-refractivity contribution >= 4 is 17.5 Å². The van der Waals surface area contributed by atoms with E-state index in [0.29, 0.717) is 17.6 Å². The van der Waals surface area contributed by atoms with E-state index in [0.717, 1.165) is 19.4 Å². The van der Waals surface area contributed by atoms with E-state index in [9.17, 15) is 9.18 Å². The van der Waals surface area contributed by atoms with Crippen LogP contribution in [0.3, 0.4) is 0 Å². The van der Waals surface area contributed by atoms with Gasteiger partial charge >= 0.3 is 0 Å². The summed E-state index contributed by atoms with van der Waals surface area (Å²) in [6.07, 6.45) is 2.18. The minimum absolute atomic E-state index is 0.0278. The number of carbonyl (C=O) groups is 1. The zero-order valence-corrected chi connectivity index (χ0v) is 12.6. The van der Waals surface area contributed by atoms with Gasteiger partial charge in [0.2, 0.25) is 0 Å². The zero-order valence-electron chi connectivity index (χ0n) is 11.8. The van der Waals surface area contributed by atoms with Crippen molar-refractivity contribution in [3.63, 3.8) is 0 Å². The van der Waals surface area contributed by atoms with E-state index >= 15 is 0 Å². The van der Waals surface area contributed by atoms with Gasteiger partial charge < -0.3 is 10.2 Å². The minimum atomic E-state index is -0.562. The van der Waals surface area contributed by atoms with Crippen LogP contribution in [-0.2, 0) is 0 Å². The van der Waals surface area contributed by atoms with E-state index < -0.39 is 5.82 Å². The molecule has 0 bridgehead atoms. The van der Waals surface area contributed by atoms with E-state index in [2.05, 4.69) is 5.32 Å². The lowest BCUT2D eigenvalue weighted by atomic mass is 10.1. The van der Waals surface area contributed by atoms with Crippen LogP contribution in [0.5, 0.6) is 0 Å². The molecule has 1 aliphatic heterocycles. The highest BCUT2D eigenvalue weighted by atomic mass is 35.5. The van der Waals surface area contributed by atoms with Crippen molar-refractivity contribution in [3.8, 4) is 0 Å². The van der Waals surface area contributed by atoms with Gasteiger partial charge in [0.05, 0.1) is 5.56 Å². The van der Waals surface area contributed by atoms with Crippen molar-refractivity contribution in [3.05, 3.63) is 34.6 Å². The third-order valence-corrected chi connectivity index (χ3v) is 3.86. The quantitative estimate of drug-likeness (QED) is 0.926. The Hall–Kier alpha value is -1.13. The van der Waals surface area contributed by atoms with Gasteiger partial charge in [-0.25, -0.2) is 4.39 Å². The third-order valence-electron chi connectivity index (χ3n) is 3.63. The molecule has 0 radical (unpaired) electrons. The van der Waals surface area contributed by atoms with Crippen LogP contribution < -0.4 is 5.32 Å². The average Bonchev–Trinajstić information content (AvgIpc) is 2.87. The molecule has 1 unspecified atom stereocenters. The van der Waals surface area contributed by atoms with Crippen LogP contribution in [0.25, 0.3) is 0 Å². The average molecular weight is 299 g/mol. The molecule has 1 atom stereocenters. The lowest BCUT2D eigenvalue weighted by molar-refractivity contribution is 0.0684. The van der Waals surface area contributed by atoms with Crippen molar-refractivity contribution in [2.24, 2.45) is 0 Å². The second-order valence-corrected chi connectivity index (χ2v) is 5.91. The maximum absolute atomic E-state index is 13.9. The van der Waals surface area contributed by atoms with Crippen LogP contribution in [0.1, 0.15) is 37.0 Å². The second kappa shape index (κ2) is 6.55. The van der Waals surface area contributed by atoms with Crippen LogP contribution in [-0.4, -0.2) is 36.0 Å². The number of halogens is 2. The largest absolute Gasteiger partial charge is 0.335 e. The fraction of sp³-hybridized carbons (Fsp3) is 0.533. The summed E-state index contributed by atoms with van der Waals surface area (Å²) in [6, 6.07) is 4.51. The molecule has 1 heterocycles. The first kappa shape index (κ1) is 15.3. The number of hydrogen-bond acceptors (Lipinski definition) is 2. The molecule has 110 valence electrons. The summed E-state index contributed by atoms with van der Waals surface area (Å²) < 4.78 is 13.9. The summed E-state index contributed by atoms with van der Waals surface area (Å²) in [5.41, 5.74) is 0.0843. The third kappa shape index (κ3) is 3.49. The number of carbonyl (C=O) groups excluding carboxylic acids is 1. The Labute approximate surface area is 124 Å². The molecular formula is C15H20ClFN2O. The normalized spacial score (nSPS) is 18.6. The summed E-state index contributed by atoms with van der Waals surface area (Å²) in [7, 11) is 0. The maximum Gasteiger partial charge on any atom is 0.257 e. The predicted molar refractivity (Wildman–Crippen MR) is 78.6 cm³/mol. The fourth-order valence-electron chi connectivity index (χ4n) is 2.50. The first-order chi connectivity index (χ1) is 9.49. The molecule has 1 aromatic carbocycles. The number of rotatable bonds is 4. The van der Waals surface area contributed by atoms with Crippen molar-refractivity contribution < 1.29 is 9.18 Å². The SMILES string of the molecule is CC(C)N(CC1CCCN1)C(=O)c1ccc(Cl)cc1F. The molecule has 0 spiro atoms. The van der Waals surface area contributed by atoms with Gasteiger partial charge in [0.25, 0.3) is 5.91 Å². The summed E-state index contributed by atoms with van der Waals surface area (Å²) >= 11 is 5.73. The van der Waals surface area contributed by atoms with Crippen LogP contribution in [0.4, 0.5) is 4.39 Å². The van der Waals surface area contributed by atoms with Gasteiger partial charge in [-0.2, -0.15) is 0 Å². The van der Waals surface area contributed by atoms with Gasteiger partial charge in [-0.1, -0.05) is 11.6 Å². The molecule has 1 N–H and O–H groups in total. The zero-order chi connectivity index (χ0) is 14.7. The van der Waals surface area contributed by atoms with Crippen LogP contribution >= 0.6 is 11.6 Å². The molecule has 1 fully saturated rings. The molecular weight excluding hydrogens is 279 g/mol. The molecule has 1 aliphatic rings. The molecule has 0 aliphatic carbocycles. The van der Waals surface area contributed by atoms with Crippen molar-refractivity contribution in [1.29, 1.82) is 0 Å². The first-order valence-corrected chi connectivity index (χ1v) is 7.36. The van der Waals surface area contributed by atoms with Crippen molar-refractivity contribution in [1.82, 2.24) is 10.2 Å². The van der Waals surface area contributed by atoms with Crippen LogP contribution in [0, 0.1) is 5.82 Å². The number of nitrogens with one attached hydrogen (secondary N) is 1. The molecule has 1 aromatic rings. The van der Waals surface area contributed by atoms with Crippen molar-refractivity contribution in [2.45, 2.75) is 38.8 Å². The van der Waals surface area contributed by atoms with Gasteiger partial charge in [0, 0.05) is 23.7 Å². The Kier molecular flexibility index (Phi) is 5.00. The van der Waals surface area contributed by atoms with Gasteiger partial charge in [0.15, 0.2) is 0 Å². The summed E-state index contributed by atoms with van der Waals surface area (Å²) in [5.74, 6) is -0.838. The molecule has 20 heavy (non-hydrogen) atoms. The highest BCUT2D eigenvalue weighted by Crippen LogP contribution is 2.18. The summed E-state index contributed by atoms with van der Waals surface area (Å²) in [6.45, 7) is 5.49. The maximum atomic E-state index is 13.9. The van der Waals surface area contributed by atoms with E-state index in [1.165, 1.54) is 12.1 Å². The predicted octanol–water partition coefficient (Wildman–Crippen LogP) is 3.08. The molecule has 0 saturated carbocycles. The molecule has 1 amide bonds. The minimum Gasteiger partial charge on any atom is -0.335 e. The topological polar surface area (TPSA) is 32.3 Å². The van der Waals surface area contributed by atoms with Gasteiger partial charge in [-0.15, -0.1) is 0 Å². The van der Waals surface area contributed by atoms with Crippen LogP contribution in [0.2, 0.25) is 5.02 Å². The van der Waals surface area contributed by atoms with Gasteiger partial charge in [-0.05, 0) is 51.4 Å². The highest BCUT2D eigenvalue weighted by molar-refractivity contribution is 6.30. The molecule has 0 aromatic heterocycles. The van der Waals surface area contributed by atoms with Gasteiger partial charge in [-0.3, -0.25) is 4.79 Å². The summed E-state index contributed by atoms with van der Waals surface area (Å²) in [5, 5.41) is 3.66. The molecule has 3 nitrogen and oxygen atoms in total. The summed E-state index contributed by atoms with van der Waals surface area (Å²) in [4.78, 5) is 14.2. The number of benzene rings is 1. The lowest BCUT2D eigenvalue weighted by Gasteiger charge is -2.29. The monoisotopic (exact) mass is 298 g/mol. The second-order valence-electron chi connectivity index (χ2n) is 5.47. The van der Waals surface area contributed by atoms with Crippen LogP contribution in [0.15, 0.2) is 18.2 Å². The smallest absolute Gasteiger partial charge is 0.257 e. The Bertz CT molecular complexity index is 487. The van der Waals surface area contributed by atoms with E-state index in [-0.39, 0.29) is 17.5 Å².